The van der Waals surface area contributed by atoms with Gasteiger partial charge in [0, 0.05) is 9.75 Å². The van der Waals surface area contributed by atoms with Crippen molar-refractivity contribution >= 4 is 27.3 Å². The van der Waals surface area contributed by atoms with Gasteiger partial charge in [-0.3, -0.25) is 0 Å². The molecular weight excluding hydrogens is 256 g/mol. The first-order valence-corrected chi connectivity index (χ1v) is 7.03. The Bertz CT molecular complexity index is 336. The van der Waals surface area contributed by atoms with E-state index in [9.17, 15) is 0 Å². The van der Waals surface area contributed by atoms with E-state index in [0.29, 0.717) is 10.2 Å². The van der Waals surface area contributed by atoms with Crippen molar-refractivity contribution in [3.63, 3.8) is 0 Å². The second-order valence-corrected chi connectivity index (χ2v) is 6.82. The molecule has 0 saturated heterocycles. The fourth-order valence-electron chi connectivity index (χ4n) is 1.84. The van der Waals surface area contributed by atoms with Crippen LogP contribution in [0.4, 0.5) is 0 Å². The highest BCUT2D eigenvalue weighted by molar-refractivity contribution is 9.09. The van der Waals surface area contributed by atoms with Crippen LogP contribution in [0.15, 0.2) is 6.07 Å². The van der Waals surface area contributed by atoms with E-state index in [1.165, 1.54) is 17.7 Å². The average molecular weight is 273 g/mol. The third kappa shape index (κ3) is 1.79. The van der Waals surface area contributed by atoms with Crippen LogP contribution in [0.3, 0.4) is 0 Å². The van der Waals surface area contributed by atoms with Gasteiger partial charge in [-0.05, 0) is 43.2 Å². The number of hydrogen-bond donors (Lipinski definition) is 0. The normalized spacial score (nSPS) is 20.9. The molecule has 1 unspecified atom stereocenters. The van der Waals surface area contributed by atoms with E-state index in [2.05, 4.69) is 42.8 Å². The van der Waals surface area contributed by atoms with Crippen LogP contribution >= 0.6 is 27.3 Å². The molecule has 0 aliphatic heterocycles. The summed E-state index contributed by atoms with van der Waals surface area (Å²) in [6.07, 6.45) is 3.92. The molecule has 0 aromatic carbocycles. The quantitative estimate of drug-likeness (QED) is 0.690. The Balaban J connectivity index is 2.30. The van der Waals surface area contributed by atoms with Crippen LogP contribution in [-0.2, 0) is 6.42 Å². The van der Waals surface area contributed by atoms with Crippen molar-refractivity contribution in [2.24, 2.45) is 5.41 Å². The third-order valence-electron chi connectivity index (χ3n) is 3.23. The Kier molecular flexibility index (Phi) is 2.78. The summed E-state index contributed by atoms with van der Waals surface area (Å²) < 4.78 is 0. The van der Waals surface area contributed by atoms with E-state index in [0.717, 1.165) is 6.42 Å². The van der Waals surface area contributed by atoms with E-state index in [1.807, 2.05) is 11.3 Å². The predicted molar refractivity (Wildman–Crippen MR) is 67.4 cm³/mol. The van der Waals surface area contributed by atoms with Gasteiger partial charge in [-0.15, -0.1) is 11.3 Å². The molecule has 1 aliphatic rings. The monoisotopic (exact) mass is 272 g/mol. The summed E-state index contributed by atoms with van der Waals surface area (Å²) >= 11 is 5.85. The summed E-state index contributed by atoms with van der Waals surface area (Å²) in [7, 11) is 0. The van der Waals surface area contributed by atoms with Crippen LogP contribution in [0.25, 0.3) is 0 Å². The van der Waals surface area contributed by atoms with Gasteiger partial charge in [-0.2, -0.15) is 0 Å². The second-order valence-electron chi connectivity index (χ2n) is 4.62. The lowest BCUT2D eigenvalue weighted by Gasteiger charge is -2.16. The topological polar surface area (TPSA) is 0 Å². The fourth-order valence-corrected chi connectivity index (χ4v) is 4.15. The van der Waals surface area contributed by atoms with Gasteiger partial charge in [0.05, 0.1) is 4.83 Å². The molecule has 2 heteroatoms. The molecule has 0 spiro atoms. The minimum Gasteiger partial charge on any atom is -0.144 e. The summed E-state index contributed by atoms with van der Waals surface area (Å²) in [5, 5.41) is 0. The summed E-state index contributed by atoms with van der Waals surface area (Å²) in [6.45, 7) is 6.85. The van der Waals surface area contributed by atoms with Gasteiger partial charge < -0.3 is 0 Å². The maximum atomic E-state index is 3.88. The highest BCUT2D eigenvalue weighted by Crippen LogP contribution is 2.59. The highest BCUT2D eigenvalue weighted by atomic mass is 79.9. The van der Waals surface area contributed by atoms with Crippen molar-refractivity contribution in [1.29, 1.82) is 0 Å². The average Bonchev–Trinajstić information content (AvgIpc) is 2.78. The molecule has 0 amide bonds. The number of halogens is 1. The Morgan fingerprint density at radius 3 is 2.71 bits per heavy atom. The lowest BCUT2D eigenvalue weighted by Crippen LogP contribution is -2.03. The van der Waals surface area contributed by atoms with Gasteiger partial charge in [0.25, 0.3) is 0 Å². The van der Waals surface area contributed by atoms with E-state index >= 15 is 0 Å². The van der Waals surface area contributed by atoms with Crippen molar-refractivity contribution < 1.29 is 0 Å². The molecule has 1 aromatic heterocycles. The fraction of sp³-hybridized carbons (Fsp3) is 0.667. The van der Waals surface area contributed by atoms with Crippen LogP contribution in [0.2, 0.25) is 0 Å². The Hall–Kier alpha value is 0.180. The van der Waals surface area contributed by atoms with Crippen LogP contribution < -0.4 is 0 Å². The SMILES string of the molecule is CCc1cc(C)sc1C(Br)C1(C)CC1. The van der Waals surface area contributed by atoms with E-state index in [1.54, 1.807) is 10.4 Å². The Morgan fingerprint density at radius 1 is 1.57 bits per heavy atom. The zero-order chi connectivity index (χ0) is 10.3. The van der Waals surface area contributed by atoms with Crippen LogP contribution in [-0.4, -0.2) is 0 Å². The first kappa shape index (κ1) is 10.7. The zero-order valence-corrected chi connectivity index (χ0v) is 11.5. The molecule has 1 aliphatic carbocycles. The van der Waals surface area contributed by atoms with Gasteiger partial charge in [0.1, 0.15) is 0 Å². The first-order chi connectivity index (χ1) is 6.57. The van der Waals surface area contributed by atoms with Gasteiger partial charge in [0.15, 0.2) is 0 Å². The zero-order valence-electron chi connectivity index (χ0n) is 9.06. The van der Waals surface area contributed by atoms with Gasteiger partial charge in [-0.25, -0.2) is 0 Å². The van der Waals surface area contributed by atoms with E-state index < -0.39 is 0 Å². The smallest absolute Gasteiger partial charge is 0.0545 e. The summed E-state index contributed by atoms with van der Waals surface area (Å²) in [5.41, 5.74) is 2.09. The van der Waals surface area contributed by atoms with Crippen molar-refractivity contribution in [2.75, 3.05) is 0 Å². The first-order valence-electron chi connectivity index (χ1n) is 5.30. The van der Waals surface area contributed by atoms with Crippen molar-refractivity contribution in [3.05, 3.63) is 21.4 Å². The highest BCUT2D eigenvalue weighted by Gasteiger charge is 2.45. The largest absolute Gasteiger partial charge is 0.144 e. The Morgan fingerprint density at radius 2 is 2.21 bits per heavy atom. The molecule has 0 radical (unpaired) electrons. The summed E-state index contributed by atoms with van der Waals surface area (Å²) in [5.74, 6) is 0. The minimum atomic E-state index is 0.543. The maximum Gasteiger partial charge on any atom is 0.0545 e. The lowest BCUT2D eigenvalue weighted by molar-refractivity contribution is 0.568. The van der Waals surface area contributed by atoms with Crippen LogP contribution in [0.5, 0.6) is 0 Å². The third-order valence-corrected chi connectivity index (χ3v) is 6.25. The molecule has 1 fully saturated rings. The predicted octanol–water partition coefficient (Wildman–Crippen LogP) is 4.86. The van der Waals surface area contributed by atoms with Gasteiger partial charge in [0.2, 0.25) is 0 Å². The summed E-state index contributed by atoms with van der Waals surface area (Å²) in [4.78, 5) is 3.61. The molecule has 0 nitrogen and oxygen atoms in total. The molecule has 1 heterocycles. The second kappa shape index (κ2) is 3.64. The number of aryl methyl sites for hydroxylation is 2. The summed E-state index contributed by atoms with van der Waals surface area (Å²) in [6, 6.07) is 2.35. The molecule has 0 bridgehead atoms. The number of alkyl halides is 1. The Labute approximate surface area is 98.9 Å². The van der Waals surface area contributed by atoms with E-state index in [4.69, 9.17) is 0 Å². The number of rotatable bonds is 3. The van der Waals surface area contributed by atoms with Crippen molar-refractivity contribution in [1.82, 2.24) is 0 Å². The standard InChI is InChI=1S/C12H17BrS/c1-4-9-7-8(2)14-10(9)11(13)12(3)5-6-12/h7,11H,4-6H2,1-3H3. The molecule has 14 heavy (non-hydrogen) atoms. The van der Waals surface area contributed by atoms with Crippen molar-refractivity contribution in [2.45, 2.75) is 44.9 Å². The molecule has 2 rings (SSSR count). The molecular formula is C12H17BrS. The lowest BCUT2D eigenvalue weighted by atomic mass is 10.0. The van der Waals surface area contributed by atoms with Crippen LogP contribution in [0, 0.1) is 12.3 Å². The number of hydrogen-bond acceptors (Lipinski definition) is 1. The van der Waals surface area contributed by atoms with E-state index in [-0.39, 0.29) is 0 Å². The van der Waals surface area contributed by atoms with Gasteiger partial charge in [-0.1, -0.05) is 29.8 Å². The molecule has 1 saturated carbocycles. The van der Waals surface area contributed by atoms with Crippen molar-refractivity contribution in [3.8, 4) is 0 Å². The molecule has 1 atom stereocenters. The number of thiophene rings is 1. The minimum absolute atomic E-state index is 0.543. The molecule has 78 valence electrons. The molecule has 1 aromatic rings. The van der Waals surface area contributed by atoms with Crippen LogP contribution in [0.1, 0.15) is 46.8 Å². The molecule has 0 N–H and O–H groups in total. The van der Waals surface area contributed by atoms with Gasteiger partial charge >= 0.3 is 0 Å². The maximum absolute atomic E-state index is 3.88.